The fourth-order valence-corrected chi connectivity index (χ4v) is 3.15. The molecule has 2 heteroatoms. The summed E-state index contributed by atoms with van der Waals surface area (Å²) in [6.45, 7) is 21.5. The van der Waals surface area contributed by atoms with Gasteiger partial charge in [-0.1, -0.05) is 58.8 Å². The highest BCUT2D eigenvalue weighted by atomic mass is 16.3. The maximum atomic E-state index is 9.77. The van der Waals surface area contributed by atoms with Crippen molar-refractivity contribution in [2.24, 2.45) is 16.2 Å². The molecule has 0 aliphatic rings. The Balaban J connectivity index is 5.24. The van der Waals surface area contributed by atoms with Crippen molar-refractivity contribution in [2.75, 3.05) is 0 Å². The van der Waals surface area contributed by atoms with Crippen molar-refractivity contribution in [3.63, 3.8) is 0 Å². The lowest BCUT2D eigenvalue weighted by Gasteiger charge is -2.35. The Hall–Kier alpha value is -1.49. The van der Waals surface area contributed by atoms with Crippen LogP contribution >= 0.6 is 0 Å². The Labute approximate surface area is 175 Å². The van der Waals surface area contributed by atoms with Crippen LogP contribution in [0.5, 0.6) is 0 Å². The zero-order valence-corrected chi connectivity index (χ0v) is 20.3. The van der Waals surface area contributed by atoms with Gasteiger partial charge in [-0.3, -0.25) is 0 Å². The second-order valence-corrected chi connectivity index (χ2v) is 10.1. The van der Waals surface area contributed by atoms with Crippen LogP contribution in [0.15, 0.2) is 34.6 Å². The van der Waals surface area contributed by atoms with Gasteiger partial charge in [0.2, 0.25) is 0 Å². The van der Waals surface area contributed by atoms with Crippen molar-refractivity contribution in [2.45, 2.75) is 108 Å². The molecule has 0 amide bonds. The fraction of sp³-hybridized carbons (Fsp3) is 0.731. The number of rotatable bonds is 11. The van der Waals surface area contributed by atoms with E-state index in [0.717, 1.165) is 37.7 Å². The summed E-state index contributed by atoms with van der Waals surface area (Å²) in [6, 6.07) is 2.44. The minimum atomic E-state index is -0.237. The first kappa shape index (κ1) is 26.5. The topological polar surface area (TPSA) is 44.0 Å². The maximum Gasteiger partial charge on any atom is 0.0923 e. The highest BCUT2D eigenvalue weighted by molar-refractivity contribution is 5.34. The Morgan fingerprint density at radius 2 is 1.43 bits per heavy atom. The van der Waals surface area contributed by atoms with Crippen LogP contribution in [0.3, 0.4) is 0 Å². The molecular weight excluding hydrogens is 342 g/mol. The number of allylic oxidation sites excluding steroid dienone is 6. The van der Waals surface area contributed by atoms with Crippen LogP contribution in [0.25, 0.3) is 0 Å². The molecule has 0 saturated carbocycles. The highest BCUT2D eigenvalue weighted by Gasteiger charge is 2.30. The molecule has 1 N–H and O–H groups in total. The van der Waals surface area contributed by atoms with E-state index >= 15 is 0 Å². The van der Waals surface area contributed by atoms with Crippen molar-refractivity contribution >= 4 is 0 Å². The minimum Gasteiger partial charge on any atom is -0.512 e. The first-order chi connectivity index (χ1) is 12.7. The Morgan fingerprint density at radius 3 is 1.86 bits per heavy atom. The molecule has 0 radical (unpaired) electrons. The second-order valence-electron chi connectivity index (χ2n) is 10.1. The van der Waals surface area contributed by atoms with Crippen molar-refractivity contribution in [3.8, 4) is 6.07 Å². The lowest BCUT2D eigenvalue weighted by atomic mass is 9.70. The van der Waals surface area contributed by atoms with Gasteiger partial charge in [0.15, 0.2) is 0 Å². The van der Waals surface area contributed by atoms with Crippen LogP contribution in [0, 0.1) is 27.6 Å². The summed E-state index contributed by atoms with van der Waals surface area (Å²) in [4.78, 5) is 0. The lowest BCUT2D eigenvalue weighted by molar-refractivity contribution is 0.194. The summed E-state index contributed by atoms with van der Waals surface area (Å²) in [5.74, 6) is 0.400. The monoisotopic (exact) mass is 387 g/mol. The number of aliphatic hydroxyl groups is 1. The molecule has 0 aliphatic heterocycles. The number of hydrogen-bond donors (Lipinski definition) is 1. The summed E-state index contributed by atoms with van der Waals surface area (Å²) < 4.78 is 0. The zero-order chi connectivity index (χ0) is 22.2. The van der Waals surface area contributed by atoms with Crippen LogP contribution in [0.2, 0.25) is 0 Å². The van der Waals surface area contributed by atoms with E-state index in [0.29, 0.717) is 5.76 Å². The van der Waals surface area contributed by atoms with Gasteiger partial charge >= 0.3 is 0 Å². The second kappa shape index (κ2) is 10.9. The quantitative estimate of drug-likeness (QED) is 0.284. The molecule has 0 bridgehead atoms. The van der Waals surface area contributed by atoms with E-state index < -0.39 is 0 Å². The van der Waals surface area contributed by atoms with E-state index in [1.165, 1.54) is 17.6 Å². The molecule has 0 aromatic rings. The molecule has 0 rings (SSSR count). The summed E-state index contributed by atoms with van der Waals surface area (Å²) in [7, 11) is 0. The van der Waals surface area contributed by atoms with Crippen LogP contribution in [-0.2, 0) is 0 Å². The number of nitrogens with zero attached hydrogens (tertiary/aromatic N) is 1. The molecule has 0 unspecified atom stereocenters. The molecule has 0 fully saturated rings. The van der Waals surface area contributed by atoms with Crippen LogP contribution < -0.4 is 0 Å². The predicted octanol–water partition coefficient (Wildman–Crippen LogP) is 8.67. The van der Waals surface area contributed by atoms with Crippen LogP contribution in [0.1, 0.15) is 108 Å². The van der Waals surface area contributed by atoms with Gasteiger partial charge in [0.1, 0.15) is 0 Å². The SMILES string of the molecule is CCC(=C\C=C(/C)C(C)(C)CC[C@](C)(CC)CCC(C)(C)C#N)/C(C)=C(\C)O. The van der Waals surface area contributed by atoms with Gasteiger partial charge in [0.25, 0.3) is 0 Å². The van der Waals surface area contributed by atoms with E-state index in [-0.39, 0.29) is 16.2 Å². The van der Waals surface area contributed by atoms with E-state index in [1.807, 2.05) is 20.8 Å². The summed E-state index contributed by atoms with van der Waals surface area (Å²) in [6.07, 6.45) is 10.8. The minimum absolute atomic E-state index is 0.127. The maximum absolute atomic E-state index is 9.77. The number of aliphatic hydroxyl groups excluding tert-OH is 1. The first-order valence-electron chi connectivity index (χ1n) is 10.9. The molecule has 0 saturated heterocycles. The van der Waals surface area contributed by atoms with Crippen molar-refractivity contribution < 1.29 is 5.11 Å². The molecule has 0 heterocycles. The van der Waals surface area contributed by atoms with Crippen molar-refractivity contribution in [3.05, 3.63) is 34.6 Å². The van der Waals surface area contributed by atoms with Gasteiger partial charge in [-0.2, -0.15) is 5.26 Å². The van der Waals surface area contributed by atoms with Gasteiger partial charge in [-0.05, 0) is 88.7 Å². The van der Waals surface area contributed by atoms with E-state index in [4.69, 9.17) is 0 Å². The molecule has 160 valence electrons. The molecule has 2 nitrogen and oxygen atoms in total. The summed E-state index contributed by atoms with van der Waals surface area (Å²) in [5, 5.41) is 19.1. The van der Waals surface area contributed by atoms with Gasteiger partial charge in [-0.15, -0.1) is 0 Å². The molecule has 0 aliphatic carbocycles. The molecule has 0 spiro atoms. The fourth-order valence-electron chi connectivity index (χ4n) is 3.15. The van der Waals surface area contributed by atoms with E-state index in [9.17, 15) is 10.4 Å². The van der Waals surface area contributed by atoms with Crippen LogP contribution in [0.4, 0.5) is 0 Å². The Bertz CT molecular complexity index is 636. The smallest absolute Gasteiger partial charge is 0.0923 e. The molecule has 28 heavy (non-hydrogen) atoms. The highest BCUT2D eigenvalue weighted by Crippen LogP contribution is 2.42. The third-order valence-corrected chi connectivity index (χ3v) is 6.87. The Kier molecular flexibility index (Phi) is 10.3. The summed E-state index contributed by atoms with van der Waals surface area (Å²) in [5.41, 5.74) is 3.71. The predicted molar refractivity (Wildman–Crippen MR) is 123 cm³/mol. The van der Waals surface area contributed by atoms with E-state index in [2.05, 4.69) is 59.8 Å². The van der Waals surface area contributed by atoms with Crippen molar-refractivity contribution in [1.29, 1.82) is 5.26 Å². The van der Waals surface area contributed by atoms with Gasteiger partial charge in [0, 0.05) is 0 Å². The molecular formula is C26H45NO. The van der Waals surface area contributed by atoms with Crippen molar-refractivity contribution in [1.82, 2.24) is 0 Å². The molecule has 0 aromatic carbocycles. The van der Waals surface area contributed by atoms with Gasteiger partial charge < -0.3 is 5.11 Å². The van der Waals surface area contributed by atoms with Gasteiger partial charge in [-0.25, -0.2) is 0 Å². The van der Waals surface area contributed by atoms with E-state index in [1.54, 1.807) is 6.92 Å². The Morgan fingerprint density at radius 1 is 0.893 bits per heavy atom. The third-order valence-electron chi connectivity index (χ3n) is 6.87. The molecule has 1 atom stereocenters. The number of nitriles is 1. The lowest BCUT2D eigenvalue weighted by Crippen LogP contribution is -2.23. The first-order valence-corrected chi connectivity index (χ1v) is 10.9. The standard InChI is InChI=1S/C26H45NO/c1-11-23(21(4)22(5)28)14-13-20(3)25(8,9)16-18-26(10,12-2)17-15-24(6,7)19-27/h13-14,28H,11-12,15-18H2,1-10H3/b20-13+,22-21+,23-14+/t26-/m1/s1. The van der Waals surface area contributed by atoms with Crippen LogP contribution in [-0.4, -0.2) is 5.11 Å². The zero-order valence-electron chi connectivity index (χ0n) is 20.3. The average molecular weight is 388 g/mol. The number of hydrogen-bond acceptors (Lipinski definition) is 2. The largest absolute Gasteiger partial charge is 0.512 e. The molecule has 0 aromatic heterocycles. The normalized spacial score (nSPS) is 17.0. The average Bonchev–Trinajstić information content (AvgIpc) is 2.64. The third kappa shape index (κ3) is 8.68. The summed E-state index contributed by atoms with van der Waals surface area (Å²) >= 11 is 0. The van der Waals surface area contributed by atoms with Gasteiger partial charge in [0.05, 0.1) is 17.2 Å².